The highest BCUT2D eigenvalue weighted by molar-refractivity contribution is 9.10. The van der Waals surface area contributed by atoms with Crippen molar-refractivity contribution >= 4 is 33.8 Å². The minimum absolute atomic E-state index is 0.320. The van der Waals surface area contributed by atoms with Crippen LogP contribution in [0.3, 0.4) is 0 Å². The van der Waals surface area contributed by atoms with E-state index in [9.17, 15) is 4.79 Å². The van der Waals surface area contributed by atoms with Crippen molar-refractivity contribution in [1.82, 2.24) is 4.98 Å². The minimum Gasteiger partial charge on any atom is -0.298 e. The maximum Gasteiger partial charge on any atom is 0.150 e. The molecule has 4 heteroatoms. The maximum absolute atomic E-state index is 10.3. The molecule has 0 aliphatic heterocycles. The lowest BCUT2D eigenvalue weighted by molar-refractivity contribution is 0.112. The molecule has 0 unspecified atom stereocenters. The summed E-state index contributed by atoms with van der Waals surface area (Å²) in [6, 6.07) is 3.30. The fourth-order valence-corrected chi connectivity index (χ4v) is 1.34. The zero-order valence-corrected chi connectivity index (χ0v) is 7.89. The molecule has 0 saturated carbocycles. The van der Waals surface area contributed by atoms with Gasteiger partial charge in [0.1, 0.15) is 10.9 Å². The first-order valence-corrected chi connectivity index (χ1v) is 4.26. The van der Waals surface area contributed by atoms with Gasteiger partial charge in [-0.1, -0.05) is 0 Å². The Morgan fingerprint density at radius 3 is 2.91 bits per heavy atom. The van der Waals surface area contributed by atoms with Crippen LogP contribution in [0.5, 0.6) is 0 Å². The number of aldehydes is 1. The average molecular weight is 234 g/mol. The normalized spacial score (nSPS) is 9.64. The van der Waals surface area contributed by atoms with Crippen LogP contribution in [0.1, 0.15) is 16.1 Å². The van der Waals surface area contributed by atoms with Crippen LogP contribution in [0, 0.1) is 0 Å². The van der Waals surface area contributed by atoms with Crippen LogP contribution in [-0.4, -0.2) is 11.3 Å². The Hall–Kier alpha value is -0.410. The summed E-state index contributed by atoms with van der Waals surface area (Å²) in [4.78, 5) is 14.4. The number of aromatic nitrogens is 1. The molecular formula is C7H5BrClNO. The lowest BCUT2D eigenvalue weighted by atomic mass is 10.2. The number of pyridine rings is 1. The number of halogens is 2. The highest BCUT2D eigenvalue weighted by atomic mass is 79.9. The summed E-state index contributed by atoms with van der Waals surface area (Å²) in [6.45, 7) is 0. The molecule has 0 radical (unpaired) electrons. The number of alkyl halides is 1. The molecule has 0 bridgehead atoms. The molecule has 0 spiro atoms. The average Bonchev–Trinajstić information content (AvgIpc) is 2.03. The molecule has 0 aliphatic carbocycles. The van der Waals surface area contributed by atoms with Crippen molar-refractivity contribution in [3.05, 3.63) is 28.0 Å². The van der Waals surface area contributed by atoms with Gasteiger partial charge < -0.3 is 0 Å². The summed E-state index contributed by atoms with van der Waals surface area (Å²) in [5, 5.41) is 0. The Bertz CT molecular complexity index is 277. The Morgan fingerprint density at radius 2 is 2.36 bits per heavy atom. The third-order valence-corrected chi connectivity index (χ3v) is 1.82. The fourth-order valence-electron chi connectivity index (χ4n) is 0.710. The number of rotatable bonds is 2. The van der Waals surface area contributed by atoms with Gasteiger partial charge in [-0.2, -0.15) is 0 Å². The Balaban J connectivity index is 3.11. The number of carbonyl (C=O) groups is 1. The van der Waals surface area contributed by atoms with Gasteiger partial charge in [-0.15, -0.1) is 11.6 Å². The molecule has 0 aromatic carbocycles. The van der Waals surface area contributed by atoms with Crippen LogP contribution in [-0.2, 0) is 5.88 Å². The van der Waals surface area contributed by atoms with Crippen LogP contribution < -0.4 is 0 Å². The second-order valence-electron chi connectivity index (χ2n) is 1.97. The maximum atomic E-state index is 10.3. The van der Waals surface area contributed by atoms with E-state index in [0.29, 0.717) is 21.7 Å². The first-order chi connectivity index (χ1) is 5.26. The molecule has 1 rings (SSSR count). The monoisotopic (exact) mass is 233 g/mol. The highest BCUT2D eigenvalue weighted by Gasteiger charge is 1.97. The van der Waals surface area contributed by atoms with E-state index in [2.05, 4.69) is 20.9 Å². The van der Waals surface area contributed by atoms with Gasteiger partial charge in [0, 0.05) is 5.56 Å². The Labute approximate surface area is 77.7 Å². The van der Waals surface area contributed by atoms with Gasteiger partial charge in [-0.3, -0.25) is 4.79 Å². The second-order valence-corrected chi connectivity index (χ2v) is 3.05. The summed E-state index contributed by atoms with van der Waals surface area (Å²) < 4.78 is 0.637. The second kappa shape index (κ2) is 3.83. The van der Waals surface area contributed by atoms with Gasteiger partial charge in [-0.25, -0.2) is 4.98 Å². The van der Waals surface area contributed by atoms with Gasteiger partial charge in [0.25, 0.3) is 0 Å². The van der Waals surface area contributed by atoms with Crippen LogP contribution in [0.2, 0.25) is 0 Å². The summed E-state index contributed by atoms with van der Waals surface area (Å²) >= 11 is 8.69. The van der Waals surface area contributed by atoms with Gasteiger partial charge in [0.15, 0.2) is 0 Å². The van der Waals surface area contributed by atoms with E-state index in [0.717, 1.165) is 6.29 Å². The van der Waals surface area contributed by atoms with Gasteiger partial charge in [0.2, 0.25) is 0 Å². The molecule has 2 nitrogen and oxygen atoms in total. The van der Waals surface area contributed by atoms with Crippen molar-refractivity contribution < 1.29 is 4.79 Å². The molecule has 1 aromatic rings. The molecule has 58 valence electrons. The van der Waals surface area contributed by atoms with E-state index >= 15 is 0 Å². The standard InChI is InChI=1S/C7H5BrClNO/c8-7-2-5(4-11)1-6(3-9)10-7/h1-2,4H,3H2. The number of nitrogens with zero attached hydrogens (tertiary/aromatic N) is 1. The summed E-state index contributed by atoms with van der Waals surface area (Å²) in [5.41, 5.74) is 1.28. The number of hydrogen-bond acceptors (Lipinski definition) is 2. The summed E-state index contributed by atoms with van der Waals surface area (Å²) in [6.07, 6.45) is 0.766. The Morgan fingerprint density at radius 1 is 1.64 bits per heavy atom. The first kappa shape index (κ1) is 8.68. The fraction of sp³-hybridized carbons (Fsp3) is 0.143. The minimum atomic E-state index is 0.320. The van der Waals surface area contributed by atoms with E-state index in [-0.39, 0.29) is 0 Å². The van der Waals surface area contributed by atoms with E-state index in [1.165, 1.54) is 0 Å². The largest absolute Gasteiger partial charge is 0.298 e. The molecule has 0 N–H and O–H groups in total. The molecule has 0 amide bonds. The van der Waals surface area contributed by atoms with Crippen LogP contribution in [0.15, 0.2) is 16.7 Å². The van der Waals surface area contributed by atoms with Crippen molar-refractivity contribution in [1.29, 1.82) is 0 Å². The molecule has 0 fully saturated rings. The van der Waals surface area contributed by atoms with Crippen molar-refractivity contribution in [3.63, 3.8) is 0 Å². The van der Waals surface area contributed by atoms with Crippen molar-refractivity contribution in [3.8, 4) is 0 Å². The highest BCUT2D eigenvalue weighted by Crippen LogP contribution is 2.11. The molecule has 1 aromatic heterocycles. The van der Waals surface area contributed by atoms with Crippen LogP contribution in [0.25, 0.3) is 0 Å². The van der Waals surface area contributed by atoms with E-state index in [1.54, 1.807) is 12.1 Å². The lowest BCUT2D eigenvalue weighted by Gasteiger charge is -1.96. The molecular weight excluding hydrogens is 229 g/mol. The van der Waals surface area contributed by atoms with Crippen molar-refractivity contribution in [2.24, 2.45) is 0 Å². The SMILES string of the molecule is O=Cc1cc(Br)nc(CCl)c1. The molecule has 11 heavy (non-hydrogen) atoms. The Kier molecular flexibility index (Phi) is 3.02. The third kappa shape index (κ3) is 2.27. The third-order valence-electron chi connectivity index (χ3n) is 1.14. The van der Waals surface area contributed by atoms with Gasteiger partial charge in [-0.05, 0) is 28.1 Å². The molecule has 0 aliphatic rings. The smallest absolute Gasteiger partial charge is 0.150 e. The predicted octanol–water partition coefficient (Wildman–Crippen LogP) is 2.40. The number of carbonyl (C=O) groups excluding carboxylic acids is 1. The van der Waals surface area contributed by atoms with Crippen molar-refractivity contribution in [2.45, 2.75) is 5.88 Å². The zero-order valence-electron chi connectivity index (χ0n) is 5.55. The van der Waals surface area contributed by atoms with Gasteiger partial charge in [0.05, 0.1) is 11.6 Å². The zero-order chi connectivity index (χ0) is 8.27. The van der Waals surface area contributed by atoms with E-state index in [4.69, 9.17) is 11.6 Å². The quantitative estimate of drug-likeness (QED) is 0.447. The van der Waals surface area contributed by atoms with Crippen molar-refractivity contribution in [2.75, 3.05) is 0 Å². The molecule has 0 saturated heterocycles. The first-order valence-electron chi connectivity index (χ1n) is 2.94. The molecule has 0 atom stereocenters. The topological polar surface area (TPSA) is 30.0 Å². The van der Waals surface area contributed by atoms with Crippen LogP contribution in [0.4, 0.5) is 0 Å². The van der Waals surface area contributed by atoms with Gasteiger partial charge >= 0.3 is 0 Å². The van der Waals surface area contributed by atoms with E-state index in [1.807, 2.05) is 0 Å². The summed E-state index contributed by atoms with van der Waals surface area (Å²) in [5.74, 6) is 0.320. The van der Waals surface area contributed by atoms with E-state index < -0.39 is 0 Å². The van der Waals surface area contributed by atoms with Crippen LogP contribution >= 0.6 is 27.5 Å². The summed E-state index contributed by atoms with van der Waals surface area (Å²) in [7, 11) is 0. The lowest BCUT2D eigenvalue weighted by Crippen LogP contribution is -1.89. The number of hydrogen-bond donors (Lipinski definition) is 0. The molecule has 1 heterocycles. The predicted molar refractivity (Wildman–Crippen MR) is 46.9 cm³/mol.